The molecule has 0 aliphatic heterocycles. The van der Waals surface area contributed by atoms with Crippen LogP contribution in [0.5, 0.6) is 0 Å². The van der Waals surface area contributed by atoms with Crippen molar-refractivity contribution < 1.29 is 5.11 Å². The smallest absolute Gasteiger partial charge is 0.159 e. The van der Waals surface area contributed by atoms with E-state index in [4.69, 9.17) is 5.84 Å². The fraction of sp³-hybridized carbons (Fsp3) is 0.500. The molecule has 1 rings (SSSR count). The summed E-state index contributed by atoms with van der Waals surface area (Å²) in [6.07, 6.45) is 1.69. The van der Waals surface area contributed by atoms with Crippen LogP contribution in [0.2, 0.25) is 0 Å². The largest absolute Gasteiger partial charge is 0.391 e. The van der Waals surface area contributed by atoms with E-state index in [9.17, 15) is 5.11 Å². The minimum Gasteiger partial charge on any atom is -0.391 e. The van der Waals surface area contributed by atoms with Gasteiger partial charge in [0.2, 0.25) is 0 Å². The number of nitrogens with two attached hydrogens (primary N) is 1. The molecule has 1 unspecified atom stereocenters. The van der Waals surface area contributed by atoms with Crippen LogP contribution in [0.4, 0.5) is 11.6 Å². The Bertz CT molecular complexity index is 322. The zero-order valence-corrected chi connectivity index (χ0v) is 9.95. The molecular weight excluding hydrogens is 262 g/mol. The number of nitrogen functional groups attached to an aromatic ring is 1. The molecule has 0 fully saturated rings. The maximum atomic E-state index is 9.38. The highest BCUT2D eigenvalue weighted by molar-refractivity contribution is 9.10. The van der Waals surface area contributed by atoms with E-state index in [1.165, 1.54) is 6.33 Å². The van der Waals surface area contributed by atoms with Crippen molar-refractivity contribution in [2.45, 2.75) is 19.4 Å². The van der Waals surface area contributed by atoms with E-state index in [1.54, 1.807) is 0 Å². The highest BCUT2D eigenvalue weighted by Gasteiger charge is 2.08. The van der Waals surface area contributed by atoms with Crippen LogP contribution in [-0.4, -0.2) is 27.7 Å². The molecule has 1 atom stereocenters. The third-order valence-corrected chi connectivity index (χ3v) is 2.65. The Kier molecular flexibility index (Phi) is 4.73. The summed E-state index contributed by atoms with van der Waals surface area (Å²) in [5.74, 6) is 6.36. The van der Waals surface area contributed by atoms with E-state index >= 15 is 0 Å². The van der Waals surface area contributed by atoms with E-state index in [2.05, 4.69) is 36.6 Å². The van der Waals surface area contributed by atoms with Gasteiger partial charge < -0.3 is 15.8 Å². The van der Waals surface area contributed by atoms with E-state index in [1.807, 2.05) is 6.92 Å². The van der Waals surface area contributed by atoms with Crippen LogP contribution in [0.25, 0.3) is 0 Å². The van der Waals surface area contributed by atoms with Crippen molar-refractivity contribution in [2.24, 2.45) is 5.84 Å². The molecule has 0 aromatic carbocycles. The first-order chi connectivity index (χ1) is 7.19. The van der Waals surface area contributed by atoms with Gasteiger partial charge in [-0.15, -0.1) is 0 Å². The van der Waals surface area contributed by atoms with E-state index in [0.29, 0.717) is 29.1 Å². The maximum absolute atomic E-state index is 9.38. The summed E-state index contributed by atoms with van der Waals surface area (Å²) < 4.78 is 0.649. The number of hydrogen-bond acceptors (Lipinski definition) is 6. The van der Waals surface area contributed by atoms with Gasteiger partial charge in [-0.3, -0.25) is 0 Å². The van der Waals surface area contributed by atoms with Crippen LogP contribution in [0, 0.1) is 0 Å². The first-order valence-corrected chi connectivity index (χ1v) is 5.37. The molecule has 1 aromatic heterocycles. The van der Waals surface area contributed by atoms with Crippen LogP contribution in [-0.2, 0) is 0 Å². The number of nitrogens with zero attached hydrogens (tertiary/aromatic N) is 2. The number of anilines is 2. The molecular formula is C8H14BrN5O. The predicted octanol–water partition coefficient (Wildman–Crippen LogP) is 0.708. The number of aliphatic hydroxyl groups excluding tert-OH is 1. The number of aromatic nitrogens is 2. The Morgan fingerprint density at radius 1 is 1.53 bits per heavy atom. The summed E-state index contributed by atoms with van der Waals surface area (Å²) >= 11 is 3.30. The minimum absolute atomic E-state index is 0.388. The average Bonchev–Trinajstić information content (AvgIpc) is 2.27. The summed E-state index contributed by atoms with van der Waals surface area (Å²) in [5, 5.41) is 12.4. The second-order valence-corrected chi connectivity index (χ2v) is 3.77. The highest BCUT2D eigenvalue weighted by Crippen LogP contribution is 2.25. The van der Waals surface area contributed by atoms with Gasteiger partial charge in [-0.05, 0) is 22.4 Å². The average molecular weight is 276 g/mol. The van der Waals surface area contributed by atoms with E-state index < -0.39 is 0 Å². The molecule has 15 heavy (non-hydrogen) atoms. The Labute approximate surface area is 96.4 Å². The van der Waals surface area contributed by atoms with Crippen molar-refractivity contribution in [1.29, 1.82) is 0 Å². The van der Waals surface area contributed by atoms with Gasteiger partial charge in [0.1, 0.15) is 16.6 Å². The highest BCUT2D eigenvalue weighted by atomic mass is 79.9. The quantitative estimate of drug-likeness (QED) is 0.467. The lowest BCUT2D eigenvalue weighted by Gasteiger charge is -2.12. The number of halogens is 1. The van der Waals surface area contributed by atoms with E-state index in [-0.39, 0.29) is 6.10 Å². The first-order valence-electron chi connectivity index (χ1n) is 4.58. The summed E-state index contributed by atoms with van der Waals surface area (Å²) in [5.41, 5.74) is 2.44. The van der Waals surface area contributed by atoms with Crippen LogP contribution in [0.3, 0.4) is 0 Å². The zero-order valence-electron chi connectivity index (χ0n) is 8.37. The normalized spacial score (nSPS) is 12.3. The molecule has 0 saturated heterocycles. The van der Waals surface area contributed by atoms with Crippen LogP contribution >= 0.6 is 15.9 Å². The number of hydrogen-bond donors (Lipinski definition) is 4. The number of nitrogens with one attached hydrogen (secondary N) is 2. The Morgan fingerprint density at radius 3 is 2.80 bits per heavy atom. The van der Waals surface area contributed by atoms with Gasteiger partial charge in [0.15, 0.2) is 5.82 Å². The lowest BCUT2D eigenvalue weighted by atomic mass is 10.3. The minimum atomic E-state index is -0.388. The van der Waals surface area contributed by atoms with Gasteiger partial charge in [-0.25, -0.2) is 15.8 Å². The fourth-order valence-electron chi connectivity index (χ4n) is 0.953. The van der Waals surface area contributed by atoms with E-state index in [0.717, 1.165) is 0 Å². The lowest BCUT2D eigenvalue weighted by Crippen LogP contribution is -2.19. The molecule has 7 heteroatoms. The molecule has 6 nitrogen and oxygen atoms in total. The molecule has 1 heterocycles. The van der Waals surface area contributed by atoms with Gasteiger partial charge >= 0.3 is 0 Å². The zero-order chi connectivity index (χ0) is 11.3. The topological polar surface area (TPSA) is 96.1 Å². The van der Waals surface area contributed by atoms with Crippen LogP contribution in [0.1, 0.15) is 13.3 Å². The number of hydrazine groups is 1. The monoisotopic (exact) mass is 275 g/mol. The lowest BCUT2D eigenvalue weighted by molar-refractivity contribution is 0.183. The molecule has 5 N–H and O–H groups in total. The van der Waals surface area contributed by atoms with Gasteiger partial charge in [0.25, 0.3) is 0 Å². The molecule has 84 valence electrons. The third-order valence-electron chi connectivity index (χ3n) is 1.90. The molecule has 1 aromatic rings. The van der Waals surface area contributed by atoms with Crippen LogP contribution in [0.15, 0.2) is 10.8 Å². The summed E-state index contributed by atoms with van der Waals surface area (Å²) in [4.78, 5) is 7.93. The molecule has 0 radical (unpaired) electrons. The Balaban J connectivity index is 2.68. The number of aliphatic hydroxyl groups is 1. The molecule has 0 aliphatic carbocycles. The molecule has 0 spiro atoms. The van der Waals surface area contributed by atoms with Crippen LogP contribution < -0.4 is 16.6 Å². The SMILES string of the molecule is CCC(O)CNc1ncnc(NN)c1Br. The standard InChI is InChI=1S/C8H14BrN5O/c1-2-5(15)3-11-7-6(9)8(14-10)13-4-12-7/h4-5,15H,2-3,10H2,1H3,(H2,11,12,13,14). The molecule has 0 saturated carbocycles. The van der Waals surface area contributed by atoms with Crippen molar-refractivity contribution in [1.82, 2.24) is 9.97 Å². The second kappa shape index (κ2) is 5.84. The van der Waals surface area contributed by atoms with Gasteiger partial charge in [-0.2, -0.15) is 0 Å². The maximum Gasteiger partial charge on any atom is 0.159 e. The third kappa shape index (κ3) is 3.29. The van der Waals surface area contributed by atoms with Crippen molar-refractivity contribution in [3.05, 3.63) is 10.8 Å². The van der Waals surface area contributed by atoms with Gasteiger partial charge in [0.05, 0.1) is 6.10 Å². The fourth-order valence-corrected chi connectivity index (χ4v) is 1.41. The first kappa shape index (κ1) is 12.2. The molecule has 0 amide bonds. The van der Waals surface area contributed by atoms with Gasteiger partial charge in [-0.1, -0.05) is 6.92 Å². The summed E-state index contributed by atoms with van der Waals surface area (Å²) in [6.45, 7) is 2.35. The summed E-state index contributed by atoms with van der Waals surface area (Å²) in [6, 6.07) is 0. The van der Waals surface area contributed by atoms with Crippen molar-refractivity contribution in [2.75, 3.05) is 17.3 Å². The predicted molar refractivity (Wildman–Crippen MR) is 62.3 cm³/mol. The summed E-state index contributed by atoms with van der Waals surface area (Å²) in [7, 11) is 0. The Morgan fingerprint density at radius 2 is 2.20 bits per heavy atom. The second-order valence-electron chi connectivity index (χ2n) is 2.97. The Hall–Kier alpha value is -0.920. The van der Waals surface area contributed by atoms with Gasteiger partial charge in [0, 0.05) is 6.54 Å². The van der Waals surface area contributed by atoms with Crippen molar-refractivity contribution in [3.8, 4) is 0 Å². The van der Waals surface area contributed by atoms with Crippen molar-refractivity contribution in [3.63, 3.8) is 0 Å². The molecule has 0 bridgehead atoms. The van der Waals surface area contributed by atoms with Crippen molar-refractivity contribution >= 4 is 27.6 Å². The number of rotatable bonds is 5. The molecule has 0 aliphatic rings.